The highest BCUT2D eigenvalue weighted by molar-refractivity contribution is 14.1. The minimum Gasteiger partial charge on any atom is -0.381 e. The van der Waals surface area contributed by atoms with E-state index in [1.54, 1.807) is 0 Å². The smallest absolute Gasteiger partial charge is 0.0400 e. The molecular weight excluding hydrogens is 299 g/mol. The van der Waals surface area contributed by atoms with Gasteiger partial charge in [-0.1, -0.05) is 0 Å². The molecule has 0 aliphatic carbocycles. The molecule has 1 unspecified atom stereocenters. The number of halogens is 1. The van der Waals surface area contributed by atoms with Gasteiger partial charge in [0.2, 0.25) is 0 Å². The first kappa shape index (κ1) is 11.2. The molecule has 0 aromatic heterocycles. The number of rotatable bonds is 2. The van der Waals surface area contributed by atoms with Gasteiger partial charge in [0, 0.05) is 21.8 Å². The van der Waals surface area contributed by atoms with Crippen LogP contribution in [0.25, 0.3) is 0 Å². The van der Waals surface area contributed by atoms with Gasteiger partial charge in [-0.2, -0.15) is 0 Å². The Balaban J connectivity index is 2.04. The molecule has 82 valence electrons. The maximum absolute atomic E-state index is 3.62. The molecule has 1 atom stereocenters. The fourth-order valence-corrected chi connectivity index (χ4v) is 2.71. The number of nitrogens with one attached hydrogen (secondary N) is 1. The average molecular weight is 316 g/mol. The predicted molar refractivity (Wildman–Crippen MR) is 73.4 cm³/mol. The summed E-state index contributed by atoms with van der Waals surface area (Å²) in [7, 11) is 2.18. The number of nitrogens with zero attached hydrogens (tertiary/aromatic N) is 1. The van der Waals surface area contributed by atoms with Crippen LogP contribution in [0.3, 0.4) is 0 Å². The molecule has 1 saturated heterocycles. The van der Waals surface area contributed by atoms with Gasteiger partial charge in [-0.25, -0.2) is 0 Å². The highest BCUT2D eigenvalue weighted by Gasteiger charge is 2.19. The Morgan fingerprint density at radius 2 is 2.27 bits per heavy atom. The molecule has 1 aromatic rings. The van der Waals surface area contributed by atoms with Crippen LogP contribution < -0.4 is 5.32 Å². The molecule has 0 spiro atoms. The van der Waals surface area contributed by atoms with Crippen molar-refractivity contribution in [2.75, 3.05) is 25.5 Å². The van der Waals surface area contributed by atoms with Crippen molar-refractivity contribution in [3.05, 3.63) is 27.3 Å². The molecule has 1 heterocycles. The molecule has 2 nitrogen and oxygen atoms in total. The van der Waals surface area contributed by atoms with Crippen LogP contribution in [-0.2, 0) is 0 Å². The zero-order chi connectivity index (χ0) is 10.8. The molecule has 1 fully saturated rings. The van der Waals surface area contributed by atoms with Gasteiger partial charge in [0.15, 0.2) is 0 Å². The zero-order valence-corrected chi connectivity index (χ0v) is 11.4. The lowest BCUT2D eigenvalue weighted by Gasteiger charge is -2.16. The highest BCUT2D eigenvalue weighted by atomic mass is 127. The van der Waals surface area contributed by atoms with Gasteiger partial charge >= 0.3 is 0 Å². The molecule has 1 N–H and O–H groups in total. The Morgan fingerprint density at radius 3 is 2.87 bits per heavy atom. The first-order valence-corrected chi connectivity index (χ1v) is 6.44. The van der Waals surface area contributed by atoms with Crippen molar-refractivity contribution in [2.24, 2.45) is 0 Å². The summed E-state index contributed by atoms with van der Waals surface area (Å²) in [5, 5.41) is 3.62. The average Bonchev–Trinajstić information content (AvgIpc) is 2.56. The van der Waals surface area contributed by atoms with Crippen LogP contribution in [0, 0.1) is 10.5 Å². The quantitative estimate of drug-likeness (QED) is 0.844. The van der Waals surface area contributed by atoms with Crippen LogP contribution in [0.2, 0.25) is 0 Å². The molecule has 0 bridgehead atoms. The van der Waals surface area contributed by atoms with Gasteiger partial charge in [-0.05, 0) is 73.3 Å². The van der Waals surface area contributed by atoms with Crippen molar-refractivity contribution >= 4 is 28.3 Å². The normalized spacial score (nSPS) is 21.9. The minimum absolute atomic E-state index is 0.619. The predicted octanol–water partition coefficient (Wildman–Crippen LogP) is 2.72. The van der Waals surface area contributed by atoms with Gasteiger partial charge in [-0.3, -0.25) is 0 Å². The summed E-state index contributed by atoms with van der Waals surface area (Å²) in [6, 6.07) is 7.19. The third-order valence-corrected chi connectivity index (χ3v) is 3.61. The second kappa shape index (κ2) is 4.70. The van der Waals surface area contributed by atoms with Crippen molar-refractivity contribution < 1.29 is 0 Å². The highest BCUT2D eigenvalue weighted by Crippen LogP contribution is 2.20. The molecule has 15 heavy (non-hydrogen) atoms. The maximum Gasteiger partial charge on any atom is 0.0400 e. The Labute approximate surface area is 105 Å². The third-order valence-electron chi connectivity index (χ3n) is 2.94. The fraction of sp³-hybridized carbons (Fsp3) is 0.500. The van der Waals surface area contributed by atoms with E-state index in [2.05, 4.69) is 65.0 Å². The van der Waals surface area contributed by atoms with E-state index in [1.807, 2.05) is 0 Å². The Hall–Kier alpha value is -0.290. The summed E-state index contributed by atoms with van der Waals surface area (Å²) in [5.41, 5.74) is 2.63. The van der Waals surface area contributed by atoms with Gasteiger partial charge in [0.05, 0.1) is 0 Å². The van der Waals surface area contributed by atoms with Crippen LogP contribution in [0.4, 0.5) is 5.69 Å². The van der Waals surface area contributed by atoms with Crippen molar-refractivity contribution in [3.63, 3.8) is 0 Å². The minimum atomic E-state index is 0.619. The summed E-state index contributed by atoms with van der Waals surface area (Å²) >= 11 is 2.35. The molecule has 2 rings (SSSR count). The lowest BCUT2D eigenvalue weighted by atomic mass is 10.1. The molecule has 1 aromatic carbocycles. The van der Waals surface area contributed by atoms with Crippen LogP contribution in [0.15, 0.2) is 18.2 Å². The topological polar surface area (TPSA) is 15.3 Å². The number of hydrogen-bond donors (Lipinski definition) is 1. The van der Waals surface area contributed by atoms with Crippen molar-refractivity contribution in [3.8, 4) is 0 Å². The lowest BCUT2D eigenvalue weighted by Crippen LogP contribution is -2.23. The first-order valence-electron chi connectivity index (χ1n) is 5.36. The number of aryl methyl sites for hydroxylation is 1. The Kier molecular flexibility index (Phi) is 3.51. The van der Waals surface area contributed by atoms with E-state index >= 15 is 0 Å². The molecule has 0 saturated carbocycles. The SMILES string of the molecule is Cc1cc(I)ccc1NC1CCN(C)C1. The van der Waals surface area contributed by atoms with Crippen molar-refractivity contribution in [2.45, 2.75) is 19.4 Å². The molecule has 0 amide bonds. The van der Waals surface area contributed by atoms with E-state index in [0.29, 0.717) is 6.04 Å². The summed E-state index contributed by atoms with van der Waals surface area (Å²) in [4.78, 5) is 2.37. The number of likely N-dealkylation sites (N-methyl/N-ethyl adjacent to an activating group) is 1. The van der Waals surface area contributed by atoms with Gasteiger partial charge in [-0.15, -0.1) is 0 Å². The number of anilines is 1. The standard InChI is InChI=1S/C12H17IN2/c1-9-7-10(13)3-4-12(9)14-11-5-6-15(2)8-11/h3-4,7,11,14H,5-6,8H2,1-2H3. The van der Waals surface area contributed by atoms with E-state index in [0.717, 1.165) is 6.54 Å². The number of hydrogen-bond acceptors (Lipinski definition) is 2. The molecular formula is C12H17IN2. The molecule has 1 aliphatic rings. The molecule has 3 heteroatoms. The number of benzene rings is 1. The van der Waals surface area contributed by atoms with E-state index in [4.69, 9.17) is 0 Å². The van der Waals surface area contributed by atoms with Crippen LogP contribution in [-0.4, -0.2) is 31.1 Å². The van der Waals surface area contributed by atoms with Crippen LogP contribution in [0.5, 0.6) is 0 Å². The van der Waals surface area contributed by atoms with Crippen LogP contribution in [0.1, 0.15) is 12.0 Å². The fourth-order valence-electron chi connectivity index (χ4n) is 2.06. The lowest BCUT2D eigenvalue weighted by molar-refractivity contribution is 0.414. The summed E-state index contributed by atoms with van der Waals surface area (Å²) < 4.78 is 1.30. The maximum atomic E-state index is 3.62. The number of likely N-dealkylation sites (tertiary alicyclic amines) is 1. The third kappa shape index (κ3) is 2.84. The van der Waals surface area contributed by atoms with Crippen molar-refractivity contribution in [1.82, 2.24) is 4.90 Å². The first-order chi connectivity index (χ1) is 7.15. The van der Waals surface area contributed by atoms with Gasteiger partial charge in [0.25, 0.3) is 0 Å². The largest absolute Gasteiger partial charge is 0.381 e. The molecule has 1 aliphatic heterocycles. The Morgan fingerprint density at radius 1 is 1.47 bits per heavy atom. The van der Waals surface area contributed by atoms with Crippen LogP contribution >= 0.6 is 22.6 Å². The van der Waals surface area contributed by atoms with E-state index in [1.165, 1.54) is 27.8 Å². The van der Waals surface area contributed by atoms with E-state index < -0.39 is 0 Å². The monoisotopic (exact) mass is 316 g/mol. The second-order valence-corrected chi connectivity index (χ2v) is 5.60. The molecule has 0 radical (unpaired) electrons. The van der Waals surface area contributed by atoms with Gasteiger partial charge < -0.3 is 10.2 Å². The van der Waals surface area contributed by atoms with E-state index in [-0.39, 0.29) is 0 Å². The summed E-state index contributed by atoms with van der Waals surface area (Å²) in [6.07, 6.45) is 1.25. The van der Waals surface area contributed by atoms with Gasteiger partial charge in [0.1, 0.15) is 0 Å². The summed E-state index contributed by atoms with van der Waals surface area (Å²) in [5.74, 6) is 0. The van der Waals surface area contributed by atoms with E-state index in [9.17, 15) is 0 Å². The van der Waals surface area contributed by atoms with Crippen molar-refractivity contribution in [1.29, 1.82) is 0 Å². The Bertz CT molecular complexity index is 351. The zero-order valence-electron chi connectivity index (χ0n) is 9.26. The summed E-state index contributed by atoms with van der Waals surface area (Å²) in [6.45, 7) is 4.54. The second-order valence-electron chi connectivity index (χ2n) is 4.35.